The molecule has 0 aromatic heterocycles. The molecule has 0 aliphatic carbocycles. The van der Waals surface area contributed by atoms with Crippen molar-refractivity contribution in [2.75, 3.05) is 6.54 Å². The van der Waals surface area contributed by atoms with E-state index in [0.717, 1.165) is 23.3 Å². The molecule has 1 atom stereocenters. The first-order valence-corrected chi connectivity index (χ1v) is 8.26. The summed E-state index contributed by atoms with van der Waals surface area (Å²) in [4.78, 5) is 24.0. The number of aryl methyl sites for hydroxylation is 1. The Balaban J connectivity index is 2.01. The van der Waals surface area contributed by atoms with E-state index < -0.39 is 0 Å². The Bertz CT molecular complexity index is 610. The van der Waals surface area contributed by atoms with Crippen LogP contribution in [-0.2, 0) is 16.1 Å². The number of rotatable bonds is 7. The predicted molar refractivity (Wildman–Crippen MR) is 90.9 cm³/mol. The van der Waals surface area contributed by atoms with Crippen molar-refractivity contribution >= 4 is 17.5 Å². The summed E-state index contributed by atoms with van der Waals surface area (Å²) in [5, 5.41) is 8.92. The molecule has 0 saturated carbocycles. The summed E-state index contributed by atoms with van der Waals surface area (Å²) >= 11 is 0. The third kappa shape index (κ3) is 4.18. The molecule has 0 fully saturated rings. The lowest BCUT2D eigenvalue weighted by molar-refractivity contribution is -0.132. The van der Waals surface area contributed by atoms with Gasteiger partial charge in [-0.1, -0.05) is 38.1 Å². The zero-order chi connectivity index (χ0) is 16.8. The molecule has 0 bridgehead atoms. The van der Waals surface area contributed by atoms with Gasteiger partial charge < -0.3 is 5.32 Å². The molecular formula is C18H25N3O2. The third-order valence-electron chi connectivity index (χ3n) is 4.22. The van der Waals surface area contributed by atoms with Crippen LogP contribution in [0.15, 0.2) is 29.4 Å². The molecule has 1 unspecified atom stereocenters. The van der Waals surface area contributed by atoms with Crippen molar-refractivity contribution < 1.29 is 9.59 Å². The minimum Gasteiger partial charge on any atom is -0.356 e. The third-order valence-corrected chi connectivity index (χ3v) is 4.22. The van der Waals surface area contributed by atoms with Crippen LogP contribution in [0, 0.1) is 12.8 Å². The van der Waals surface area contributed by atoms with Gasteiger partial charge >= 0.3 is 0 Å². The van der Waals surface area contributed by atoms with E-state index in [-0.39, 0.29) is 17.7 Å². The number of hydrazone groups is 1. The average Bonchev–Trinajstić information content (AvgIpc) is 2.85. The van der Waals surface area contributed by atoms with Crippen LogP contribution >= 0.6 is 0 Å². The number of nitrogens with one attached hydrogen (secondary N) is 1. The Morgan fingerprint density at radius 3 is 2.70 bits per heavy atom. The number of hydrogen-bond donors (Lipinski definition) is 1. The first-order valence-electron chi connectivity index (χ1n) is 8.26. The standard InChI is InChI=1S/C18H25N3O2/c1-4-16-15(10-11-19-17(22)5-2)18(23)21(20-16)12-14-9-7-6-8-13(14)3/h6-9,15H,4-5,10-12H2,1-3H3,(H,19,22). The average molecular weight is 315 g/mol. The van der Waals surface area contributed by atoms with E-state index in [2.05, 4.69) is 10.4 Å². The predicted octanol–water partition coefficient (Wildman–Crippen LogP) is 2.64. The molecular weight excluding hydrogens is 290 g/mol. The van der Waals surface area contributed by atoms with Crippen molar-refractivity contribution in [3.63, 3.8) is 0 Å². The van der Waals surface area contributed by atoms with Crippen LogP contribution in [0.5, 0.6) is 0 Å². The van der Waals surface area contributed by atoms with E-state index in [4.69, 9.17) is 0 Å². The summed E-state index contributed by atoms with van der Waals surface area (Å²) in [6.45, 7) is 6.89. The van der Waals surface area contributed by atoms with Crippen molar-refractivity contribution in [3.8, 4) is 0 Å². The van der Waals surface area contributed by atoms with Gasteiger partial charge in [-0.05, 0) is 30.9 Å². The number of nitrogens with zero attached hydrogens (tertiary/aromatic N) is 2. The van der Waals surface area contributed by atoms with Crippen LogP contribution < -0.4 is 5.32 Å². The van der Waals surface area contributed by atoms with E-state index in [9.17, 15) is 9.59 Å². The maximum Gasteiger partial charge on any atom is 0.251 e. The van der Waals surface area contributed by atoms with E-state index in [1.165, 1.54) is 0 Å². The van der Waals surface area contributed by atoms with Gasteiger partial charge in [-0.3, -0.25) is 9.59 Å². The van der Waals surface area contributed by atoms with Gasteiger partial charge in [0.15, 0.2) is 0 Å². The van der Waals surface area contributed by atoms with Gasteiger partial charge in [-0.15, -0.1) is 0 Å². The molecule has 1 aliphatic heterocycles. The van der Waals surface area contributed by atoms with Gasteiger partial charge in [-0.2, -0.15) is 5.10 Å². The zero-order valence-corrected chi connectivity index (χ0v) is 14.1. The minimum atomic E-state index is -0.207. The molecule has 23 heavy (non-hydrogen) atoms. The number of hydrogen-bond acceptors (Lipinski definition) is 3. The van der Waals surface area contributed by atoms with Crippen LogP contribution in [0.4, 0.5) is 0 Å². The second-order valence-electron chi connectivity index (χ2n) is 5.81. The molecule has 0 radical (unpaired) electrons. The Hall–Kier alpha value is -2.17. The molecule has 1 aromatic carbocycles. The largest absolute Gasteiger partial charge is 0.356 e. The summed E-state index contributed by atoms with van der Waals surface area (Å²) in [6, 6.07) is 8.03. The smallest absolute Gasteiger partial charge is 0.251 e. The Morgan fingerprint density at radius 1 is 1.30 bits per heavy atom. The van der Waals surface area contributed by atoms with Crippen LogP contribution in [0.2, 0.25) is 0 Å². The highest BCUT2D eigenvalue weighted by molar-refractivity contribution is 6.07. The normalized spacial score (nSPS) is 17.3. The highest BCUT2D eigenvalue weighted by Gasteiger charge is 2.34. The summed E-state index contributed by atoms with van der Waals surface area (Å²) in [6.07, 6.45) is 1.83. The number of benzene rings is 1. The summed E-state index contributed by atoms with van der Waals surface area (Å²) in [5.74, 6) is -0.153. The molecule has 5 nitrogen and oxygen atoms in total. The second kappa shape index (κ2) is 7.90. The molecule has 124 valence electrons. The van der Waals surface area contributed by atoms with Gasteiger partial charge in [0.1, 0.15) is 0 Å². The van der Waals surface area contributed by atoms with Gasteiger partial charge in [0, 0.05) is 13.0 Å². The highest BCUT2D eigenvalue weighted by Crippen LogP contribution is 2.23. The maximum atomic E-state index is 12.6. The molecule has 0 saturated heterocycles. The number of carbonyl (C=O) groups excluding carboxylic acids is 2. The molecule has 1 N–H and O–H groups in total. The lowest BCUT2D eigenvalue weighted by atomic mass is 9.97. The lowest BCUT2D eigenvalue weighted by Crippen LogP contribution is -2.31. The van der Waals surface area contributed by atoms with Crippen molar-refractivity contribution in [1.82, 2.24) is 10.3 Å². The Kier molecular flexibility index (Phi) is 5.90. The number of carbonyl (C=O) groups is 2. The highest BCUT2D eigenvalue weighted by atomic mass is 16.2. The van der Waals surface area contributed by atoms with Crippen LogP contribution in [0.1, 0.15) is 44.2 Å². The zero-order valence-electron chi connectivity index (χ0n) is 14.1. The first-order chi connectivity index (χ1) is 11.1. The molecule has 1 aliphatic rings. The fraction of sp³-hybridized carbons (Fsp3) is 0.500. The van der Waals surface area contributed by atoms with Crippen LogP contribution in [0.25, 0.3) is 0 Å². The number of amides is 2. The first kappa shape index (κ1) is 17.2. The molecule has 5 heteroatoms. The fourth-order valence-electron chi connectivity index (χ4n) is 2.75. The maximum absolute atomic E-state index is 12.6. The molecule has 0 spiro atoms. The summed E-state index contributed by atoms with van der Waals surface area (Å²) in [7, 11) is 0. The summed E-state index contributed by atoms with van der Waals surface area (Å²) < 4.78 is 0. The lowest BCUT2D eigenvalue weighted by Gasteiger charge is -2.16. The monoisotopic (exact) mass is 315 g/mol. The van der Waals surface area contributed by atoms with E-state index >= 15 is 0 Å². The molecule has 2 amide bonds. The van der Waals surface area contributed by atoms with Gasteiger partial charge in [0.2, 0.25) is 5.91 Å². The van der Waals surface area contributed by atoms with Gasteiger partial charge in [0.25, 0.3) is 5.91 Å². The van der Waals surface area contributed by atoms with Gasteiger partial charge in [-0.25, -0.2) is 5.01 Å². The van der Waals surface area contributed by atoms with Crippen molar-refractivity contribution in [3.05, 3.63) is 35.4 Å². The topological polar surface area (TPSA) is 61.8 Å². The fourth-order valence-corrected chi connectivity index (χ4v) is 2.75. The quantitative estimate of drug-likeness (QED) is 0.841. The SMILES string of the molecule is CCC(=O)NCCC1C(=O)N(Cc2ccccc2C)N=C1CC. The summed E-state index contributed by atoms with van der Waals surface area (Å²) in [5.41, 5.74) is 3.18. The Morgan fingerprint density at radius 2 is 2.04 bits per heavy atom. The van der Waals surface area contributed by atoms with E-state index in [1.54, 1.807) is 5.01 Å². The van der Waals surface area contributed by atoms with Crippen molar-refractivity contribution in [2.45, 2.75) is 46.6 Å². The Labute approximate surface area is 137 Å². The molecule has 1 heterocycles. The van der Waals surface area contributed by atoms with E-state index in [0.29, 0.717) is 25.9 Å². The molecule has 2 rings (SSSR count). The van der Waals surface area contributed by atoms with Crippen LogP contribution in [-0.4, -0.2) is 29.1 Å². The van der Waals surface area contributed by atoms with Crippen molar-refractivity contribution in [2.24, 2.45) is 11.0 Å². The van der Waals surface area contributed by atoms with E-state index in [1.807, 2.05) is 45.0 Å². The van der Waals surface area contributed by atoms with Gasteiger partial charge in [0.05, 0.1) is 18.2 Å². The van der Waals surface area contributed by atoms with Crippen molar-refractivity contribution in [1.29, 1.82) is 0 Å². The second-order valence-corrected chi connectivity index (χ2v) is 5.81. The van der Waals surface area contributed by atoms with Crippen LogP contribution in [0.3, 0.4) is 0 Å². The minimum absolute atomic E-state index is 0.0159. The molecule has 1 aromatic rings.